The van der Waals surface area contributed by atoms with Crippen LogP contribution in [-0.2, 0) is 49.3 Å². The number of para-hydroxylation sites is 1. The first-order valence-corrected chi connectivity index (χ1v) is 20.7. The van der Waals surface area contributed by atoms with E-state index in [1.54, 1.807) is 21.0 Å². The van der Waals surface area contributed by atoms with Gasteiger partial charge in [-0.15, -0.1) is 0 Å². The summed E-state index contributed by atoms with van der Waals surface area (Å²) in [5.41, 5.74) is -0.439. The highest BCUT2D eigenvalue weighted by Gasteiger charge is 2.52. The second kappa shape index (κ2) is 20.9. The molecule has 2 aliphatic rings. The third-order valence-corrected chi connectivity index (χ3v) is 12.2. The smallest absolute Gasteiger partial charge is 0.316 e. The Morgan fingerprint density at radius 3 is 2.40 bits per heavy atom. The number of benzene rings is 1. The Kier molecular flexibility index (Phi) is 17.2. The van der Waals surface area contributed by atoms with E-state index in [1.165, 1.54) is 14.0 Å². The summed E-state index contributed by atoms with van der Waals surface area (Å²) in [6.45, 7) is 14.4. The maximum Gasteiger partial charge on any atom is 0.316 e. The number of likely N-dealkylation sites (N-methyl/N-ethyl adjacent to an activating group) is 1. The third-order valence-electron chi connectivity index (χ3n) is 12.2. The third kappa shape index (κ3) is 11.2. The number of Topliss-reactive ketones (excluding diaryl/α,β-unsaturated/α-hetero) is 1. The van der Waals surface area contributed by atoms with E-state index in [4.69, 9.17) is 33.3 Å². The molecule has 0 radical (unpaired) electrons. The van der Waals surface area contributed by atoms with Crippen LogP contribution in [0.2, 0.25) is 0 Å². The number of oxime groups is 1. The van der Waals surface area contributed by atoms with Gasteiger partial charge in [-0.2, -0.15) is 0 Å². The van der Waals surface area contributed by atoms with Gasteiger partial charge in [0.25, 0.3) is 0 Å². The Morgan fingerprint density at radius 2 is 1.74 bits per heavy atom. The number of aromatic nitrogens is 1. The van der Waals surface area contributed by atoms with Gasteiger partial charge in [0, 0.05) is 56.2 Å². The highest BCUT2D eigenvalue weighted by Crippen LogP contribution is 2.39. The molecule has 0 aliphatic carbocycles. The minimum atomic E-state index is -1.74. The lowest BCUT2D eigenvalue weighted by atomic mass is 9.73. The number of carbonyl (C=O) groups excluding carboxylic acids is 2. The maximum absolute atomic E-state index is 14.4. The number of esters is 1. The van der Waals surface area contributed by atoms with E-state index in [1.807, 2.05) is 84.1 Å². The molecule has 3 heterocycles. The molecule has 0 spiro atoms. The molecule has 2 fully saturated rings. The summed E-state index contributed by atoms with van der Waals surface area (Å²) < 4.78 is 37.1. The highest BCUT2D eigenvalue weighted by atomic mass is 16.7. The average Bonchev–Trinajstić information content (AvgIpc) is 3.19. The van der Waals surface area contributed by atoms with E-state index in [0.29, 0.717) is 25.0 Å². The van der Waals surface area contributed by atoms with Crippen LogP contribution in [0.3, 0.4) is 0 Å². The van der Waals surface area contributed by atoms with Gasteiger partial charge in [-0.1, -0.05) is 51.0 Å². The lowest BCUT2D eigenvalue weighted by Crippen LogP contribution is -2.60. The molecule has 4 rings (SSSR count). The fraction of sp³-hybridized carbons (Fsp3) is 0.727. The lowest BCUT2D eigenvalue weighted by Gasteiger charge is -2.47. The summed E-state index contributed by atoms with van der Waals surface area (Å²) in [7, 11) is 6.81. The van der Waals surface area contributed by atoms with Crippen molar-refractivity contribution in [3.63, 3.8) is 0 Å². The Labute approximate surface area is 344 Å². The molecular weight excluding hydrogens is 746 g/mol. The molecule has 1 aromatic heterocycles. The zero-order valence-corrected chi connectivity index (χ0v) is 36.7. The van der Waals surface area contributed by atoms with Crippen molar-refractivity contribution in [2.45, 2.75) is 142 Å². The van der Waals surface area contributed by atoms with Crippen molar-refractivity contribution >= 4 is 28.4 Å². The van der Waals surface area contributed by atoms with Gasteiger partial charge in [-0.25, -0.2) is 0 Å². The number of carbonyl (C=O) groups is 2. The standard InChI is InChI=1S/C44H69N3O11/c1-13-35-44(8,51)40(54-20-16-17-31-22-32-18-14-15-19-33(32)45-24-31)28(4)36(46-55-25-52-11)26(2)23-43(7,53-12)39(29(5)37(48)30(6)41(50)57-35)58-42-38(49)34(47(9)10)21-27(3)56-42/h14-15,18-19,22,24,26-30,34-35,38-40,42,49,51H,13,16-17,20-21,23,25H2,1-12H3/b46-36+/t26-,27-,28+,29+,30-,34+,35-,38-,39-,40?,42+,43+,44-/m1/s1. The zero-order chi connectivity index (χ0) is 42.9. The molecule has 0 amide bonds. The second-order valence-electron chi connectivity index (χ2n) is 17.0. The maximum atomic E-state index is 14.4. The number of aryl methyl sites for hydroxylation is 1. The van der Waals surface area contributed by atoms with Gasteiger partial charge in [0.05, 0.1) is 35.1 Å². The van der Waals surface area contributed by atoms with Gasteiger partial charge >= 0.3 is 5.97 Å². The summed E-state index contributed by atoms with van der Waals surface area (Å²) in [6.07, 6.45) is -1.14. The molecule has 2 saturated heterocycles. The van der Waals surface area contributed by atoms with E-state index in [-0.39, 0.29) is 38.4 Å². The number of rotatable bonds is 13. The number of nitrogens with zero attached hydrogens (tertiary/aromatic N) is 3. The molecule has 326 valence electrons. The van der Waals surface area contributed by atoms with Crippen LogP contribution in [0.15, 0.2) is 41.7 Å². The Bertz CT molecular complexity index is 1670. The predicted molar refractivity (Wildman–Crippen MR) is 220 cm³/mol. The molecule has 14 heteroatoms. The van der Waals surface area contributed by atoms with Gasteiger partial charge in [0.2, 0.25) is 6.79 Å². The number of cyclic esters (lactones) is 1. The number of pyridine rings is 1. The summed E-state index contributed by atoms with van der Waals surface area (Å²) in [4.78, 5) is 40.5. The van der Waals surface area contributed by atoms with Crippen LogP contribution in [0.5, 0.6) is 0 Å². The van der Waals surface area contributed by atoms with Crippen molar-refractivity contribution in [3.05, 3.63) is 42.1 Å². The van der Waals surface area contributed by atoms with E-state index in [0.717, 1.165) is 16.5 Å². The quantitative estimate of drug-likeness (QED) is 0.0876. The van der Waals surface area contributed by atoms with Crippen LogP contribution in [-0.4, -0.2) is 133 Å². The first kappa shape index (κ1) is 47.6. The number of methoxy groups -OCH3 is 2. The predicted octanol–water partition coefficient (Wildman–Crippen LogP) is 5.34. The first-order chi connectivity index (χ1) is 27.4. The molecule has 58 heavy (non-hydrogen) atoms. The second-order valence-corrected chi connectivity index (χ2v) is 17.0. The van der Waals surface area contributed by atoms with Crippen molar-refractivity contribution in [1.82, 2.24) is 9.88 Å². The number of hydrogen-bond acceptors (Lipinski definition) is 14. The van der Waals surface area contributed by atoms with Gasteiger partial charge in [0.15, 0.2) is 12.1 Å². The minimum absolute atomic E-state index is 0.126. The molecule has 0 bridgehead atoms. The molecule has 2 N–H and O–H groups in total. The number of hydrogen-bond donors (Lipinski definition) is 2. The van der Waals surface area contributed by atoms with Crippen LogP contribution in [0.1, 0.15) is 86.6 Å². The summed E-state index contributed by atoms with van der Waals surface area (Å²) in [5.74, 6) is -4.38. The van der Waals surface area contributed by atoms with Crippen molar-refractivity contribution in [1.29, 1.82) is 0 Å². The van der Waals surface area contributed by atoms with E-state index in [2.05, 4.69) is 16.2 Å². The summed E-state index contributed by atoms with van der Waals surface area (Å²) in [5, 5.41) is 29.6. The Balaban J connectivity index is 1.75. The monoisotopic (exact) mass is 815 g/mol. The SMILES string of the molecule is CC[C@H]1OC(=O)[C@H](C)C(=O)[C@H](C)[C@@H](O[C@@H]2O[C@H](C)C[C@H](N(C)C)[C@H]2O)[C@@](C)(OC)C[C@@H](C)/C(=N\OCOC)[C@H](C)C(OCCCc2cnc3ccccc3c2)[C@]1(C)O. The average molecular weight is 816 g/mol. The van der Waals surface area contributed by atoms with Crippen LogP contribution in [0, 0.1) is 23.7 Å². The van der Waals surface area contributed by atoms with Crippen molar-refractivity contribution < 1.29 is 53.1 Å². The molecular formula is C44H69N3O11. The number of fused-ring (bicyclic) bond motifs is 1. The van der Waals surface area contributed by atoms with Crippen LogP contribution >= 0.6 is 0 Å². The number of aliphatic hydroxyl groups excluding tert-OH is 1. The van der Waals surface area contributed by atoms with Gasteiger partial charge in [-0.05, 0) is 91.6 Å². The molecule has 2 aliphatic heterocycles. The number of ketones is 1. The van der Waals surface area contributed by atoms with Crippen molar-refractivity contribution in [3.8, 4) is 0 Å². The zero-order valence-electron chi connectivity index (χ0n) is 36.7. The van der Waals surface area contributed by atoms with Gasteiger partial charge < -0.3 is 48.4 Å². The van der Waals surface area contributed by atoms with Gasteiger partial charge in [0.1, 0.15) is 23.7 Å². The topological polar surface area (TPSA) is 168 Å². The van der Waals surface area contributed by atoms with E-state index >= 15 is 0 Å². The molecule has 2 aromatic rings. The van der Waals surface area contributed by atoms with Crippen LogP contribution < -0.4 is 0 Å². The summed E-state index contributed by atoms with van der Waals surface area (Å²) in [6, 6.07) is 9.80. The van der Waals surface area contributed by atoms with Crippen molar-refractivity contribution in [2.24, 2.45) is 28.8 Å². The Morgan fingerprint density at radius 1 is 1.03 bits per heavy atom. The largest absolute Gasteiger partial charge is 0.459 e. The fourth-order valence-electron chi connectivity index (χ4n) is 8.81. The van der Waals surface area contributed by atoms with Crippen LogP contribution in [0.4, 0.5) is 0 Å². The lowest BCUT2D eigenvalue weighted by molar-refractivity contribution is -0.295. The first-order valence-electron chi connectivity index (χ1n) is 20.7. The van der Waals surface area contributed by atoms with Gasteiger partial charge in [-0.3, -0.25) is 14.6 Å². The van der Waals surface area contributed by atoms with E-state index < -0.39 is 77.3 Å². The normalized spacial score (nSPS) is 36.5. The fourth-order valence-corrected chi connectivity index (χ4v) is 8.81. The highest BCUT2D eigenvalue weighted by molar-refractivity contribution is 6.00. The molecule has 1 aromatic carbocycles. The van der Waals surface area contributed by atoms with Crippen LogP contribution in [0.25, 0.3) is 10.9 Å². The van der Waals surface area contributed by atoms with Crippen molar-refractivity contribution in [2.75, 3.05) is 41.7 Å². The molecule has 14 nitrogen and oxygen atoms in total. The number of ether oxygens (including phenoxy) is 6. The minimum Gasteiger partial charge on any atom is -0.459 e. The van der Waals surface area contributed by atoms with E-state index in [9.17, 15) is 19.8 Å². The summed E-state index contributed by atoms with van der Waals surface area (Å²) >= 11 is 0. The molecule has 1 unspecified atom stereocenters. The Hall–Kier alpha value is -3.08. The molecule has 13 atom stereocenters. The molecule has 0 saturated carbocycles. The number of aliphatic hydroxyl groups is 2.